The smallest absolute Gasteiger partial charge is 0.348 e. The third-order valence-electron chi connectivity index (χ3n) is 8.88. The van der Waals surface area contributed by atoms with Gasteiger partial charge in [-0.15, -0.1) is 0 Å². The van der Waals surface area contributed by atoms with Crippen molar-refractivity contribution in [2.45, 2.75) is 75.7 Å². The van der Waals surface area contributed by atoms with E-state index < -0.39 is 27.8 Å². The van der Waals surface area contributed by atoms with Gasteiger partial charge < -0.3 is 9.84 Å². The van der Waals surface area contributed by atoms with Crippen LogP contribution < -0.4 is 0 Å². The maximum atomic E-state index is 12.4. The van der Waals surface area contributed by atoms with E-state index in [2.05, 4.69) is 6.92 Å². The molecule has 0 heterocycles. The number of aliphatic carboxylic acids is 1. The van der Waals surface area contributed by atoms with E-state index in [1.54, 1.807) is 0 Å². The van der Waals surface area contributed by atoms with E-state index in [0.29, 0.717) is 31.1 Å². The van der Waals surface area contributed by atoms with Crippen molar-refractivity contribution < 1.29 is 24.2 Å². The summed E-state index contributed by atoms with van der Waals surface area (Å²) >= 11 is 11.4. The monoisotopic (exact) mass is 442 g/mol. The van der Waals surface area contributed by atoms with Gasteiger partial charge in [0.05, 0.1) is 0 Å². The Bertz CT molecular complexity index is 792. The van der Waals surface area contributed by atoms with Gasteiger partial charge in [0.1, 0.15) is 0 Å². The highest BCUT2D eigenvalue weighted by molar-refractivity contribution is 6.53. The number of halogens is 2. The summed E-state index contributed by atoms with van der Waals surface area (Å²) in [5.74, 6) is -0.800. The second-order valence-corrected chi connectivity index (χ2v) is 10.9. The minimum Gasteiger partial charge on any atom is -0.478 e. The largest absolute Gasteiger partial charge is 0.478 e. The van der Waals surface area contributed by atoms with Crippen LogP contribution in [0.25, 0.3) is 0 Å². The molecule has 1 N–H and O–H groups in total. The average molecular weight is 443 g/mol. The first kappa shape index (κ1) is 21.2. The van der Waals surface area contributed by atoms with Gasteiger partial charge in [-0.25, -0.2) is 9.59 Å². The van der Waals surface area contributed by atoms with Crippen LogP contribution in [-0.2, 0) is 19.1 Å². The number of carboxylic acids is 1. The van der Waals surface area contributed by atoms with Crippen molar-refractivity contribution in [1.29, 1.82) is 0 Å². The van der Waals surface area contributed by atoms with Gasteiger partial charge in [0.2, 0.25) is 10.4 Å². The van der Waals surface area contributed by atoms with Crippen molar-refractivity contribution in [1.82, 2.24) is 0 Å². The lowest BCUT2D eigenvalue weighted by atomic mass is 9.46. The molecule has 0 aromatic heterocycles. The molecule has 6 atom stereocenters. The van der Waals surface area contributed by atoms with E-state index in [1.807, 2.05) is 13.0 Å². The molecule has 0 aromatic carbocycles. The number of carbonyl (C=O) groups is 3. The second-order valence-electron chi connectivity index (χ2n) is 9.82. The summed E-state index contributed by atoms with van der Waals surface area (Å²) in [6, 6.07) is 0. The fraction of sp³-hybridized carbons (Fsp3) is 0.773. The molecule has 3 fully saturated rings. The quantitative estimate of drug-likeness (QED) is 0.506. The number of allylic oxidation sites excluding steroid dienone is 1. The number of alkyl halides is 2. The first-order chi connectivity index (χ1) is 13.5. The lowest BCUT2D eigenvalue weighted by Crippen LogP contribution is -2.59. The molecular weight excluding hydrogens is 415 g/mol. The predicted molar refractivity (Wildman–Crippen MR) is 109 cm³/mol. The number of rotatable bonds is 3. The summed E-state index contributed by atoms with van der Waals surface area (Å²) in [7, 11) is 0. The molecule has 0 unspecified atom stereocenters. The Labute approximate surface area is 181 Å². The van der Waals surface area contributed by atoms with Crippen molar-refractivity contribution in [3.05, 3.63) is 11.6 Å². The number of carbonyl (C=O) groups excluding carboxylic acids is 2. The Morgan fingerprint density at radius 3 is 2.45 bits per heavy atom. The van der Waals surface area contributed by atoms with Gasteiger partial charge in [-0.2, -0.15) is 0 Å². The number of carboxylic acid groups (broad SMARTS) is 1. The van der Waals surface area contributed by atoms with Gasteiger partial charge >= 0.3 is 11.9 Å². The molecular formula is C22H28Cl2O5. The van der Waals surface area contributed by atoms with Crippen molar-refractivity contribution >= 4 is 40.9 Å². The molecule has 0 aromatic rings. The Hall–Kier alpha value is -1.07. The maximum absolute atomic E-state index is 12.4. The Morgan fingerprint density at radius 1 is 1.10 bits per heavy atom. The SMILES string of the molecule is C[C@]12CCC(=O)C=C1CC[C@@H]1[C@@H]2CC[C@@]2(C)[C@H]1CC[C@]2(OC(=O)C(Cl)Cl)C(=O)O. The highest BCUT2D eigenvalue weighted by Gasteiger charge is 2.69. The minimum atomic E-state index is -1.58. The van der Waals surface area contributed by atoms with E-state index in [1.165, 1.54) is 5.57 Å². The minimum absolute atomic E-state index is 0.0146. The molecule has 4 aliphatic rings. The Kier molecular flexibility index (Phi) is 5.10. The number of fused-ring (bicyclic) bond motifs is 5. The highest BCUT2D eigenvalue weighted by Crippen LogP contribution is 2.68. The zero-order chi connectivity index (χ0) is 21.2. The van der Waals surface area contributed by atoms with Crippen LogP contribution >= 0.6 is 23.2 Å². The van der Waals surface area contributed by atoms with E-state index in [9.17, 15) is 19.5 Å². The van der Waals surface area contributed by atoms with Crippen LogP contribution in [0.3, 0.4) is 0 Å². The van der Waals surface area contributed by atoms with Crippen molar-refractivity contribution in [2.75, 3.05) is 0 Å². The first-order valence-corrected chi connectivity index (χ1v) is 11.4. The molecule has 0 radical (unpaired) electrons. The molecule has 0 bridgehead atoms. The first-order valence-electron chi connectivity index (χ1n) is 10.5. The van der Waals surface area contributed by atoms with E-state index in [4.69, 9.17) is 27.9 Å². The summed E-state index contributed by atoms with van der Waals surface area (Å²) in [5.41, 5.74) is -0.942. The van der Waals surface area contributed by atoms with E-state index >= 15 is 0 Å². The third-order valence-corrected chi connectivity index (χ3v) is 9.24. The Morgan fingerprint density at radius 2 is 1.79 bits per heavy atom. The Balaban J connectivity index is 1.68. The highest BCUT2D eigenvalue weighted by atomic mass is 35.5. The molecule has 0 spiro atoms. The topological polar surface area (TPSA) is 80.7 Å². The van der Waals surface area contributed by atoms with Gasteiger partial charge in [0.25, 0.3) is 0 Å². The average Bonchev–Trinajstić information content (AvgIpc) is 2.96. The van der Waals surface area contributed by atoms with E-state index in [0.717, 1.165) is 25.7 Å². The van der Waals surface area contributed by atoms with Crippen LogP contribution in [0.4, 0.5) is 0 Å². The zero-order valence-corrected chi connectivity index (χ0v) is 18.4. The van der Waals surface area contributed by atoms with Crippen LogP contribution in [0.2, 0.25) is 0 Å². The van der Waals surface area contributed by atoms with Gasteiger partial charge in [-0.1, -0.05) is 42.6 Å². The summed E-state index contributed by atoms with van der Waals surface area (Å²) in [5, 5.41) is 10.2. The molecule has 0 amide bonds. The van der Waals surface area contributed by atoms with Crippen molar-refractivity contribution in [3.8, 4) is 0 Å². The number of hydrogen-bond acceptors (Lipinski definition) is 4. The number of ketones is 1. The number of hydrogen-bond donors (Lipinski definition) is 1. The second kappa shape index (κ2) is 6.98. The summed E-state index contributed by atoms with van der Waals surface area (Å²) in [4.78, 5) is 35.2. The van der Waals surface area contributed by atoms with Crippen LogP contribution in [-0.4, -0.2) is 33.3 Å². The van der Waals surface area contributed by atoms with Crippen LogP contribution in [0, 0.1) is 28.6 Å². The fourth-order valence-corrected chi connectivity index (χ4v) is 7.43. The van der Waals surface area contributed by atoms with Crippen molar-refractivity contribution in [2.24, 2.45) is 28.6 Å². The van der Waals surface area contributed by atoms with Crippen LogP contribution in [0.5, 0.6) is 0 Å². The molecule has 5 nitrogen and oxygen atoms in total. The number of ether oxygens (including phenoxy) is 1. The van der Waals surface area contributed by atoms with Gasteiger partial charge in [-0.05, 0) is 74.2 Å². The lowest BCUT2D eigenvalue weighted by molar-refractivity contribution is -0.200. The predicted octanol–water partition coefficient (Wildman–Crippen LogP) is 4.69. The van der Waals surface area contributed by atoms with Gasteiger partial charge in [-0.3, -0.25) is 4.79 Å². The maximum Gasteiger partial charge on any atom is 0.348 e. The summed E-state index contributed by atoms with van der Waals surface area (Å²) in [6.45, 7) is 4.26. The molecule has 29 heavy (non-hydrogen) atoms. The summed E-state index contributed by atoms with van der Waals surface area (Å²) < 4.78 is 5.56. The number of esters is 1. The molecule has 4 aliphatic carbocycles. The zero-order valence-electron chi connectivity index (χ0n) is 16.9. The molecule has 7 heteroatoms. The molecule has 160 valence electrons. The van der Waals surface area contributed by atoms with Crippen LogP contribution in [0.15, 0.2) is 11.6 Å². The van der Waals surface area contributed by atoms with Gasteiger partial charge in [0.15, 0.2) is 5.78 Å². The van der Waals surface area contributed by atoms with Crippen LogP contribution in [0.1, 0.15) is 65.2 Å². The standard InChI is InChI=1S/C22H28Cl2O5/c1-20-8-5-13(25)11-12(20)3-4-14-15(20)6-9-21(2)16(14)7-10-22(21,19(27)28)29-18(26)17(23)24/h11,14-17H,3-10H2,1-2H3,(H,27,28)/t14-,15+,16+,20+,21+,22+/m1/s1. The summed E-state index contributed by atoms with van der Waals surface area (Å²) in [6.07, 6.45) is 7.72. The molecule has 4 rings (SSSR count). The van der Waals surface area contributed by atoms with E-state index in [-0.39, 0.29) is 23.5 Å². The van der Waals surface area contributed by atoms with Crippen molar-refractivity contribution in [3.63, 3.8) is 0 Å². The normalized spacial score (nSPS) is 43.8. The lowest BCUT2D eigenvalue weighted by Gasteiger charge is -2.58. The molecule has 3 saturated carbocycles. The third kappa shape index (κ3) is 2.90. The fourth-order valence-electron chi connectivity index (χ4n) is 7.34. The van der Waals surface area contributed by atoms with Gasteiger partial charge in [0, 0.05) is 11.8 Å². The molecule has 0 saturated heterocycles. The molecule has 0 aliphatic heterocycles.